The minimum atomic E-state index is -3.86. The highest BCUT2D eigenvalue weighted by molar-refractivity contribution is 7.92. The average molecular weight is 564 g/mol. The van der Waals surface area contributed by atoms with Gasteiger partial charge in [0.1, 0.15) is 15.9 Å². The van der Waals surface area contributed by atoms with Crippen molar-refractivity contribution >= 4 is 33.2 Å². The molecule has 0 bridgehead atoms. The van der Waals surface area contributed by atoms with E-state index in [2.05, 4.69) is 19.1 Å². The topological polar surface area (TPSA) is 90.0 Å². The van der Waals surface area contributed by atoms with Crippen LogP contribution in [0.4, 0.5) is 4.79 Å². The van der Waals surface area contributed by atoms with E-state index in [9.17, 15) is 18.0 Å². The van der Waals surface area contributed by atoms with E-state index < -0.39 is 37.8 Å². The zero-order valence-corrected chi connectivity index (χ0v) is 25.3. The summed E-state index contributed by atoms with van der Waals surface area (Å²) in [6, 6.07) is 12.0. The van der Waals surface area contributed by atoms with Gasteiger partial charge in [0.15, 0.2) is 9.84 Å². The molecule has 0 aliphatic carbocycles. The van der Waals surface area contributed by atoms with Crippen LogP contribution in [0, 0.1) is 0 Å². The number of hydrogen-bond acceptors (Lipinski definition) is 7. The Morgan fingerprint density at radius 3 is 2.16 bits per heavy atom. The van der Waals surface area contributed by atoms with Crippen molar-refractivity contribution in [3.63, 3.8) is 0 Å². The number of sulfone groups is 1. The summed E-state index contributed by atoms with van der Waals surface area (Å²) in [6.07, 6.45) is 1.27. The molecule has 38 heavy (non-hydrogen) atoms. The molecule has 2 aromatic rings. The zero-order valence-electron chi connectivity index (χ0n) is 23.6. The molecule has 0 radical (unpaired) electrons. The number of nitrogens with zero attached hydrogens (tertiary/aromatic N) is 1. The fourth-order valence-electron chi connectivity index (χ4n) is 4.55. The molecule has 1 atom stereocenters. The summed E-state index contributed by atoms with van der Waals surface area (Å²) in [5.41, 5.74) is 0.791. The van der Waals surface area contributed by atoms with E-state index in [-0.39, 0.29) is 31.7 Å². The second kappa shape index (κ2) is 11.4. The highest BCUT2D eigenvalue weighted by Gasteiger charge is 2.51. The van der Waals surface area contributed by atoms with Crippen molar-refractivity contribution in [2.24, 2.45) is 0 Å². The maximum atomic E-state index is 14.0. The Morgan fingerprint density at radius 1 is 0.947 bits per heavy atom. The monoisotopic (exact) mass is 563 g/mol. The minimum Gasteiger partial charge on any atom is -0.460 e. The molecule has 1 aromatic carbocycles. The standard InChI is InChI=1S/C29H41NO6S2/c1-8-9-21-10-12-22(13-11-21)23-14-15-24(37-23)29(20-25(31)35-27(2,3)4)16-17-30(18-19-38(29,33)34)26(32)36-28(5,6)7/h10-15H,8-9,16-20H2,1-7H3. The molecule has 9 heteroatoms. The van der Waals surface area contributed by atoms with Crippen molar-refractivity contribution in [2.75, 3.05) is 18.8 Å². The normalized spacial score (nSPS) is 20.0. The van der Waals surface area contributed by atoms with Gasteiger partial charge in [0.2, 0.25) is 0 Å². The van der Waals surface area contributed by atoms with E-state index in [1.54, 1.807) is 41.5 Å². The number of carbonyl (C=O) groups excluding carboxylic acids is 2. The van der Waals surface area contributed by atoms with Crippen LogP contribution in [0.25, 0.3) is 10.4 Å². The quantitative estimate of drug-likeness (QED) is 0.381. The third kappa shape index (κ3) is 7.38. The van der Waals surface area contributed by atoms with Gasteiger partial charge in [0, 0.05) is 22.8 Å². The van der Waals surface area contributed by atoms with Crippen molar-refractivity contribution in [1.82, 2.24) is 4.90 Å². The SMILES string of the molecule is CCCc1ccc(-c2ccc(C3(CC(=O)OC(C)(C)C)CCN(C(=O)OC(C)(C)C)CCS3(=O)=O)s2)cc1. The van der Waals surface area contributed by atoms with Crippen molar-refractivity contribution in [3.05, 3.63) is 46.8 Å². The number of amides is 1. The van der Waals surface area contributed by atoms with E-state index in [1.807, 2.05) is 24.3 Å². The van der Waals surface area contributed by atoms with Gasteiger partial charge in [0.05, 0.1) is 12.2 Å². The van der Waals surface area contributed by atoms with Gasteiger partial charge in [-0.05, 0) is 77.6 Å². The molecule has 1 fully saturated rings. The summed E-state index contributed by atoms with van der Waals surface area (Å²) < 4.78 is 37.5. The number of aryl methyl sites for hydroxylation is 1. The molecule has 2 heterocycles. The second-order valence-electron chi connectivity index (χ2n) is 11.9. The molecule has 1 saturated heterocycles. The molecule has 0 saturated carbocycles. The number of rotatable bonds is 6. The summed E-state index contributed by atoms with van der Waals surface area (Å²) in [4.78, 5) is 28.9. The van der Waals surface area contributed by atoms with Gasteiger partial charge in [-0.1, -0.05) is 37.6 Å². The number of benzene rings is 1. The second-order valence-corrected chi connectivity index (χ2v) is 15.4. The van der Waals surface area contributed by atoms with E-state index in [4.69, 9.17) is 9.47 Å². The Balaban J connectivity index is 2.01. The number of ether oxygens (including phenoxy) is 2. The molecule has 1 aliphatic rings. The van der Waals surface area contributed by atoms with Crippen LogP contribution in [0.3, 0.4) is 0 Å². The Bertz CT molecular complexity index is 1240. The lowest BCUT2D eigenvalue weighted by Gasteiger charge is -2.32. The third-order valence-corrected chi connectivity index (χ3v) is 10.3. The summed E-state index contributed by atoms with van der Waals surface area (Å²) >= 11 is 1.38. The zero-order chi connectivity index (χ0) is 28.4. The van der Waals surface area contributed by atoms with Crippen LogP contribution in [0.5, 0.6) is 0 Å². The lowest BCUT2D eigenvalue weighted by atomic mass is 9.97. The molecular formula is C29H41NO6S2. The molecule has 210 valence electrons. The highest BCUT2D eigenvalue weighted by Crippen LogP contribution is 2.45. The van der Waals surface area contributed by atoms with E-state index in [0.29, 0.717) is 4.88 Å². The Hall–Kier alpha value is -2.39. The fraction of sp³-hybridized carbons (Fsp3) is 0.586. The molecule has 1 amide bonds. The predicted molar refractivity (Wildman–Crippen MR) is 152 cm³/mol. The minimum absolute atomic E-state index is 0.00440. The molecule has 0 N–H and O–H groups in total. The number of carbonyl (C=O) groups is 2. The van der Waals surface area contributed by atoms with Crippen LogP contribution in [0.15, 0.2) is 36.4 Å². The van der Waals surface area contributed by atoms with Gasteiger partial charge in [-0.2, -0.15) is 0 Å². The summed E-state index contributed by atoms with van der Waals surface area (Å²) in [6.45, 7) is 12.9. The fourth-order valence-corrected chi connectivity index (χ4v) is 8.15. The molecule has 0 spiro atoms. The molecule has 3 rings (SSSR count). The summed E-state index contributed by atoms with van der Waals surface area (Å²) in [5, 5.41) is 0. The largest absolute Gasteiger partial charge is 0.460 e. The first-order valence-electron chi connectivity index (χ1n) is 13.2. The number of hydrogen-bond donors (Lipinski definition) is 0. The molecular weight excluding hydrogens is 522 g/mol. The van der Waals surface area contributed by atoms with Crippen molar-refractivity contribution in [1.29, 1.82) is 0 Å². The Kier molecular flexibility index (Phi) is 9.03. The highest BCUT2D eigenvalue weighted by atomic mass is 32.2. The van der Waals surface area contributed by atoms with Crippen LogP contribution >= 0.6 is 11.3 Å². The van der Waals surface area contributed by atoms with E-state index in [1.165, 1.54) is 21.8 Å². The van der Waals surface area contributed by atoms with Crippen LogP contribution in [0.1, 0.15) is 78.2 Å². The Labute approximate surface area is 231 Å². The summed E-state index contributed by atoms with van der Waals surface area (Å²) in [7, 11) is -3.86. The van der Waals surface area contributed by atoms with Crippen LogP contribution < -0.4 is 0 Å². The lowest BCUT2D eigenvalue weighted by Crippen LogP contribution is -2.40. The van der Waals surface area contributed by atoms with Gasteiger partial charge >= 0.3 is 12.1 Å². The van der Waals surface area contributed by atoms with Crippen molar-refractivity contribution in [3.8, 4) is 10.4 Å². The smallest absolute Gasteiger partial charge is 0.410 e. The first kappa shape index (κ1) is 30.2. The van der Waals surface area contributed by atoms with Crippen LogP contribution in [0.2, 0.25) is 0 Å². The Morgan fingerprint density at radius 2 is 1.58 bits per heavy atom. The van der Waals surface area contributed by atoms with Gasteiger partial charge < -0.3 is 14.4 Å². The maximum absolute atomic E-state index is 14.0. The van der Waals surface area contributed by atoms with Gasteiger partial charge in [0.25, 0.3) is 0 Å². The number of esters is 1. The molecule has 1 aliphatic heterocycles. The van der Waals surface area contributed by atoms with Crippen LogP contribution in [-0.4, -0.2) is 55.4 Å². The predicted octanol–water partition coefficient (Wildman–Crippen LogP) is 6.35. The lowest BCUT2D eigenvalue weighted by molar-refractivity contribution is -0.155. The van der Waals surface area contributed by atoms with E-state index in [0.717, 1.165) is 23.3 Å². The number of thiophene rings is 1. The van der Waals surface area contributed by atoms with Gasteiger partial charge in [-0.15, -0.1) is 11.3 Å². The van der Waals surface area contributed by atoms with Gasteiger partial charge in [-0.3, -0.25) is 4.79 Å². The van der Waals surface area contributed by atoms with Gasteiger partial charge in [-0.25, -0.2) is 13.2 Å². The molecule has 1 unspecified atom stereocenters. The van der Waals surface area contributed by atoms with Crippen molar-refractivity contribution in [2.45, 2.75) is 90.1 Å². The van der Waals surface area contributed by atoms with Crippen LogP contribution in [-0.2, 0) is 35.3 Å². The van der Waals surface area contributed by atoms with E-state index >= 15 is 0 Å². The average Bonchev–Trinajstić information content (AvgIpc) is 3.22. The first-order chi connectivity index (χ1) is 17.6. The molecule has 1 aromatic heterocycles. The first-order valence-corrected chi connectivity index (χ1v) is 15.6. The summed E-state index contributed by atoms with van der Waals surface area (Å²) in [5.74, 6) is -0.848. The third-order valence-electron chi connectivity index (χ3n) is 6.34. The van der Waals surface area contributed by atoms with Crippen molar-refractivity contribution < 1.29 is 27.5 Å². The maximum Gasteiger partial charge on any atom is 0.410 e. The molecule has 7 nitrogen and oxygen atoms in total.